The highest BCUT2D eigenvalue weighted by atomic mass is 35.5. The predicted molar refractivity (Wildman–Crippen MR) is 70.1 cm³/mol. The molecule has 1 saturated heterocycles. The molecule has 0 bridgehead atoms. The monoisotopic (exact) mass is 277 g/mol. The van der Waals surface area contributed by atoms with Crippen molar-refractivity contribution in [3.8, 4) is 5.88 Å². The van der Waals surface area contributed by atoms with Gasteiger partial charge in [0, 0.05) is 6.42 Å². The number of piperidine rings is 1. The van der Waals surface area contributed by atoms with Crippen LogP contribution >= 0.6 is 24.0 Å². The van der Waals surface area contributed by atoms with E-state index in [9.17, 15) is 0 Å². The van der Waals surface area contributed by atoms with Crippen LogP contribution in [0.2, 0.25) is 5.02 Å². The van der Waals surface area contributed by atoms with Crippen molar-refractivity contribution in [1.82, 2.24) is 15.3 Å². The van der Waals surface area contributed by atoms with E-state index in [1.54, 1.807) is 13.3 Å². The average molecular weight is 278 g/mol. The topological polar surface area (TPSA) is 47.0 Å². The van der Waals surface area contributed by atoms with Crippen LogP contribution in [0.4, 0.5) is 0 Å². The summed E-state index contributed by atoms with van der Waals surface area (Å²) in [4.78, 5) is 8.52. The van der Waals surface area contributed by atoms with Gasteiger partial charge >= 0.3 is 0 Å². The molecule has 0 aromatic carbocycles. The van der Waals surface area contributed by atoms with Gasteiger partial charge in [-0.05, 0) is 31.8 Å². The van der Waals surface area contributed by atoms with E-state index in [1.165, 1.54) is 12.8 Å². The summed E-state index contributed by atoms with van der Waals surface area (Å²) in [5.74, 6) is 1.91. The third-order valence-electron chi connectivity index (χ3n) is 2.83. The summed E-state index contributed by atoms with van der Waals surface area (Å²) in [7, 11) is 1.57. The molecule has 2 rings (SSSR count). The first-order valence-electron chi connectivity index (χ1n) is 5.55. The SMILES string of the molecule is COc1nc(C[C@@H]2CCCNC2)ncc1Cl.Cl. The average Bonchev–Trinajstić information content (AvgIpc) is 2.33. The summed E-state index contributed by atoms with van der Waals surface area (Å²) in [5, 5.41) is 3.85. The Morgan fingerprint density at radius 2 is 2.41 bits per heavy atom. The number of hydrogen-bond donors (Lipinski definition) is 1. The number of ether oxygens (including phenoxy) is 1. The van der Waals surface area contributed by atoms with E-state index in [-0.39, 0.29) is 12.4 Å². The van der Waals surface area contributed by atoms with Gasteiger partial charge in [-0.2, -0.15) is 4.98 Å². The molecular weight excluding hydrogens is 261 g/mol. The fourth-order valence-electron chi connectivity index (χ4n) is 1.98. The fourth-order valence-corrected chi connectivity index (χ4v) is 2.15. The molecule has 17 heavy (non-hydrogen) atoms. The summed E-state index contributed by atoms with van der Waals surface area (Å²) in [6, 6.07) is 0. The van der Waals surface area contributed by atoms with Crippen LogP contribution in [0.25, 0.3) is 0 Å². The molecule has 0 spiro atoms. The van der Waals surface area contributed by atoms with Crippen LogP contribution in [-0.2, 0) is 6.42 Å². The lowest BCUT2D eigenvalue weighted by atomic mass is 9.96. The number of methoxy groups -OCH3 is 1. The van der Waals surface area contributed by atoms with E-state index in [4.69, 9.17) is 16.3 Å². The van der Waals surface area contributed by atoms with Crippen LogP contribution in [0.1, 0.15) is 18.7 Å². The minimum atomic E-state index is 0. The number of hydrogen-bond acceptors (Lipinski definition) is 4. The molecule has 0 saturated carbocycles. The fraction of sp³-hybridized carbons (Fsp3) is 0.636. The zero-order valence-electron chi connectivity index (χ0n) is 9.78. The lowest BCUT2D eigenvalue weighted by Gasteiger charge is -2.21. The molecule has 0 aliphatic carbocycles. The Balaban J connectivity index is 0.00000144. The molecule has 96 valence electrons. The summed E-state index contributed by atoms with van der Waals surface area (Å²) < 4.78 is 5.08. The predicted octanol–water partition coefficient (Wildman–Crippen LogP) is 2.10. The highest BCUT2D eigenvalue weighted by molar-refractivity contribution is 6.31. The van der Waals surface area contributed by atoms with E-state index in [1.807, 2.05) is 0 Å². The third-order valence-corrected chi connectivity index (χ3v) is 3.08. The standard InChI is InChI=1S/C11H16ClN3O.ClH/c1-16-11-9(12)7-14-10(15-11)5-8-3-2-4-13-6-8;/h7-8,13H,2-6H2,1H3;1H/t8-;/m0./s1. The van der Waals surface area contributed by atoms with Gasteiger partial charge in [0.25, 0.3) is 0 Å². The van der Waals surface area contributed by atoms with Crippen molar-refractivity contribution in [3.05, 3.63) is 17.0 Å². The molecule has 1 aromatic rings. The lowest BCUT2D eigenvalue weighted by Crippen LogP contribution is -2.31. The summed E-state index contributed by atoms with van der Waals surface area (Å²) in [6.07, 6.45) is 4.97. The molecule has 1 aliphatic rings. The van der Waals surface area contributed by atoms with Crippen LogP contribution < -0.4 is 10.1 Å². The molecule has 1 aromatic heterocycles. The van der Waals surface area contributed by atoms with E-state index < -0.39 is 0 Å². The van der Waals surface area contributed by atoms with Crippen molar-refractivity contribution in [2.24, 2.45) is 5.92 Å². The number of rotatable bonds is 3. The lowest BCUT2D eigenvalue weighted by molar-refractivity contribution is 0.363. The quantitative estimate of drug-likeness (QED) is 0.919. The van der Waals surface area contributed by atoms with E-state index in [0.29, 0.717) is 16.8 Å². The summed E-state index contributed by atoms with van der Waals surface area (Å²) in [5.41, 5.74) is 0. The van der Waals surface area contributed by atoms with Crippen LogP contribution in [-0.4, -0.2) is 30.2 Å². The van der Waals surface area contributed by atoms with Crippen molar-refractivity contribution in [2.75, 3.05) is 20.2 Å². The second kappa shape index (κ2) is 6.99. The minimum absolute atomic E-state index is 0. The van der Waals surface area contributed by atoms with Crippen molar-refractivity contribution in [1.29, 1.82) is 0 Å². The Labute approximate surface area is 113 Å². The maximum atomic E-state index is 5.88. The first-order chi connectivity index (χ1) is 7.79. The summed E-state index contributed by atoms with van der Waals surface area (Å²) in [6.45, 7) is 2.18. The van der Waals surface area contributed by atoms with Crippen LogP contribution in [0.3, 0.4) is 0 Å². The Morgan fingerprint density at radius 3 is 3.06 bits per heavy atom. The molecule has 1 fully saturated rings. The maximum absolute atomic E-state index is 5.88. The van der Waals surface area contributed by atoms with Crippen LogP contribution in [0, 0.1) is 5.92 Å². The van der Waals surface area contributed by atoms with Crippen LogP contribution in [0.15, 0.2) is 6.20 Å². The molecule has 0 amide bonds. The first-order valence-corrected chi connectivity index (χ1v) is 5.93. The number of nitrogens with zero attached hydrogens (tertiary/aromatic N) is 2. The molecule has 2 heterocycles. The van der Waals surface area contributed by atoms with Gasteiger partial charge in [0.05, 0.1) is 13.3 Å². The largest absolute Gasteiger partial charge is 0.480 e. The van der Waals surface area contributed by atoms with Crippen LogP contribution in [0.5, 0.6) is 5.88 Å². The zero-order valence-corrected chi connectivity index (χ0v) is 11.4. The van der Waals surface area contributed by atoms with Gasteiger partial charge in [0.2, 0.25) is 5.88 Å². The first kappa shape index (κ1) is 14.5. The Hall–Kier alpha value is -0.580. The maximum Gasteiger partial charge on any atom is 0.235 e. The second-order valence-electron chi connectivity index (χ2n) is 4.06. The van der Waals surface area contributed by atoms with Gasteiger partial charge in [-0.25, -0.2) is 4.98 Å². The van der Waals surface area contributed by atoms with Gasteiger partial charge in [-0.15, -0.1) is 12.4 Å². The normalized spacial score (nSPS) is 19.5. The van der Waals surface area contributed by atoms with Crippen molar-refractivity contribution in [3.63, 3.8) is 0 Å². The minimum Gasteiger partial charge on any atom is -0.480 e. The summed E-state index contributed by atoms with van der Waals surface area (Å²) >= 11 is 5.88. The van der Waals surface area contributed by atoms with Crippen molar-refractivity contribution in [2.45, 2.75) is 19.3 Å². The Kier molecular flexibility index (Phi) is 5.95. The third kappa shape index (κ3) is 3.98. The smallest absolute Gasteiger partial charge is 0.235 e. The number of aromatic nitrogens is 2. The Morgan fingerprint density at radius 1 is 1.59 bits per heavy atom. The highest BCUT2D eigenvalue weighted by Gasteiger charge is 2.15. The van der Waals surface area contributed by atoms with Gasteiger partial charge in [0.1, 0.15) is 10.8 Å². The van der Waals surface area contributed by atoms with Crippen molar-refractivity contribution < 1.29 is 4.74 Å². The molecule has 6 heteroatoms. The van der Waals surface area contributed by atoms with E-state index in [2.05, 4.69) is 15.3 Å². The van der Waals surface area contributed by atoms with Gasteiger partial charge < -0.3 is 10.1 Å². The number of halogens is 2. The molecular formula is C11H17Cl2N3O. The zero-order chi connectivity index (χ0) is 11.4. The molecule has 1 N–H and O–H groups in total. The van der Waals surface area contributed by atoms with E-state index in [0.717, 1.165) is 25.3 Å². The van der Waals surface area contributed by atoms with E-state index >= 15 is 0 Å². The Bertz CT molecular complexity index is 357. The van der Waals surface area contributed by atoms with Crippen molar-refractivity contribution >= 4 is 24.0 Å². The van der Waals surface area contributed by atoms with Gasteiger partial charge in [0.15, 0.2) is 0 Å². The molecule has 0 unspecified atom stereocenters. The number of nitrogens with one attached hydrogen (secondary N) is 1. The van der Waals surface area contributed by atoms with Gasteiger partial charge in [-0.3, -0.25) is 0 Å². The molecule has 1 aliphatic heterocycles. The molecule has 4 nitrogen and oxygen atoms in total. The molecule has 1 atom stereocenters. The molecule has 0 radical (unpaired) electrons. The highest BCUT2D eigenvalue weighted by Crippen LogP contribution is 2.21. The second-order valence-corrected chi connectivity index (χ2v) is 4.47. The van der Waals surface area contributed by atoms with Gasteiger partial charge in [-0.1, -0.05) is 11.6 Å².